The smallest absolute Gasteiger partial charge is 0.295 e. The summed E-state index contributed by atoms with van der Waals surface area (Å²) in [5.41, 5.74) is 0. The van der Waals surface area contributed by atoms with Crippen LogP contribution in [0.5, 0.6) is 0 Å². The molecule has 1 unspecified atom stereocenters. The van der Waals surface area contributed by atoms with Gasteiger partial charge in [0.25, 0.3) is 5.09 Å². The second-order valence-electron chi connectivity index (χ2n) is 2.60. The minimum atomic E-state index is -0.921. The van der Waals surface area contributed by atoms with Crippen LogP contribution in [-0.4, -0.2) is 23.6 Å². The number of hydrogen-bond acceptors (Lipinski definition) is 4. The summed E-state index contributed by atoms with van der Waals surface area (Å²) in [7, 11) is 0. The molecule has 0 aliphatic carbocycles. The minimum Gasteiger partial charge on any atom is -0.354 e. The molecule has 0 spiro atoms. The Bertz CT molecular complexity index is 194. The van der Waals surface area contributed by atoms with Crippen molar-refractivity contribution in [3.05, 3.63) is 10.1 Å². The van der Waals surface area contributed by atoms with Crippen molar-refractivity contribution in [2.75, 3.05) is 6.54 Å². The van der Waals surface area contributed by atoms with Gasteiger partial charge in [0, 0.05) is 6.54 Å². The summed E-state index contributed by atoms with van der Waals surface area (Å²) in [5, 5.41) is 11.5. The zero-order valence-corrected chi connectivity index (χ0v) is 6.49. The van der Waals surface area contributed by atoms with E-state index in [4.69, 9.17) is 0 Å². The van der Waals surface area contributed by atoms with E-state index in [1.807, 2.05) is 0 Å². The van der Waals surface area contributed by atoms with Crippen LogP contribution in [0.15, 0.2) is 0 Å². The predicted octanol–water partition coefficient (Wildman–Crippen LogP) is -0.137. The fraction of sp³-hybridized carbons (Fsp3) is 0.833. The van der Waals surface area contributed by atoms with Gasteiger partial charge in [-0.25, -0.2) is 0 Å². The van der Waals surface area contributed by atoms with Crippen molar-refractivity contribution < 1.29 is 14.7 Å². The van der Waals surface area contributed by atoms with Gasteiger partial charge in [0.2, 0.25) is 5.91 Å². The molecule has 1 N–H and O–H groups in total. The van der Waals surface area contributed by atoms with Crippen LogP contribution >= 0.6 is 0 Å². The van der Waals surface area contributed by atoms with Crippen molar-refractivity contribution >= 4 is 5.91 Å². The number of amides is 1. The molecule has 0 bridgehead atoms. The van der Waals surface area contributed by atoms with Crippen molar-refractivity contribution in [2.45, 2.75) is 25.4 Å². The Balaban J connectivity index is 2.47. The predicted molar refractivity (Wildman–Crippen MR) is 38.7 cm³/mol. The minimum absolute atomic E-state index is 0.385. The number of rotatable bonds is 2. The normalized spacial score (nSPS) is 24.0. The third-order valence-electron chi connectivity index (χ3n) is 1.70. The zero-order valence-electron chi connectivity index (χ0n) is 6.49. The summed E-state index contributed by atoms with van der Waals surface area (Å²) in [4.78, 5) is 25.1. The lowest BCUT2D eigenvalue weighted by Crippen LogP contribution is -2.35. The van der Waals surface area contributed by atoms with Crippen LogP contribution in [0.25, 0.3) is 0 Å². The van der Waals surface area contributed by atoms with Gasteiger partial charge < -0.3 is 10.2 Å². The fourth-order valence-electron chi connectivity index (χ4n) is 1.12. The maximum absolute atomic E-state index is 11.0. The van der Waals surface area contributed by atoms with Crippen molar-refractivity contribution in [1.29, 1.82) is 0 Å². The molecule has 0 aromatic heterocycles. The van der Waals surface area contributed by atoms with Gasteiger partial charge in [0.05, 0.1) is 0 Å². The Hall–Kier alpha value is -1.33. The number of nitrogens with one attached hydrogen (secondary N) is 1. The third kappa shape index (κ3) is 2.37. The van der Waals surface area contributed by atoms with Crippen molar-refractivity contribution in [3.63, 3.8) is 0 Å². The topological polar surface area (TPSA) is 81.5 Å². The van der Waals surface area contributed by atoms with Crippen LogP contribution in [0.4, 0.5) is 0 Å². The van der Waals surface area contributed by atoms with Gasteiger partial charge in [-0.15, -0.1) is 10.1 Å². The number of carbonyl (C=O) groups is 1. The SMILES string of the molecule is O=C1NCCCCC1O[N+](=O)[O-]. The van der Waals surface area contributed by atoms with Gasteiger partial charge >= 0.3 is 0 Å². The molecule has 1 rings (SSSR count). The molecule has 1 aliphatic rings. The highest BCUT2D eigenvalue weighted by Crippen LogP contribution is 2.08. The molecular formula is C6H10N2O4. The van der Waals surface area contributed by atoms with E-state index in [2.05, 4.69) is 10.2 Å². The van der Waals surface area contributed by atoms with Crippen molar-refractivity contribution in [3.8, 4) is 0 Å². The summed E-state index contributed by atoms with van der Waals surface area (Å²) in [6.07, 6.45) is 1.13. The molecule has 0 aromatic carbocycles. The molecule has 6 heteroatoms. The van der Waals surface area contributed by atoms with E-state index in [0.717, 1.165) is 12.8 Å². The lowest BCUT2D eigenvalue weighted by atomic mass is 10.2. The molecule has 68 valence electrons. The molecule has 1 saturated heterocycles. The van der Waals surface area contributed by atoms with E-state index in [0.29, 0.717) is 13.0 Å². The molecule has 0 saturated carbocycles. The average molecular weight is 174 g/mol. The van der Waals surface area contributed by atoms with E-state index in [1.165, 1.54) is 0 Å². The van der Waals surface area contributed by atoms with Gasteiger partial charge in [-0.3, -0.25) is 4.79 Å². The molecule has 0 radical (unpaired) electrons. The zero-order chi connectivity index (χ0) is 8.97. The maximum atomic E-state index is 11.0. The van der Waals surface area contributed by atoms with Gasteiger partial charge in [0.15, 0.2) is 6.10 Å². The average Bonchev–Trinajstić information content (AvgIpc) is 2.16. The molecule has 12 heavy (non-hydrogen) atoms. The molecule has 1 amide bonds. The van der Waals surface area contributed by atoms with Crippen LogP contribution in [0.2, 0.25) is 0 Å². The molecule has 1 heterocycles. The molecule has 0 aromatic rings. The second kappa shape index (κ2) is 3.89. The van der Waals surface area contributed by atoms with E-state index < -0.39 is 11.2 Å². The largest absolute Gasteiger partial charge is 0.354 e. The van der Waals surface area contributed by atoms with Crippen LogP contribution in [0, 0.1) is 10.1 Å². The van der Waals surface area contributed by atoms with Crippen LogP contribution in [0.1, 0.15) is 19.3 Å². The van der Waals surface area contributed by atoms with Gasteiger partial charge in [-0.1, -0.05) is 0 Å². The first kappa shape index (κ1) is 8.76. The Morgan fingerprint density at radius 1 is 1.58 bits per heavy atom. The monoisotopic (exact) mass is 174 g/mol. The second-order valence-corrected chi connectivity index (χ2v) is 2.60. The molecule has 6 nitrogen and oxygen atoms in total. The Morgan fingerprint density at radius 2 is 2.33 bits per heavy atom. The summed E-state index contributed by atoms with van der Waals surface area (Å²) in [6, 6.07) is 0. The van der Waals surface area contributed by atoms with E-state index in [1.54, 1.807) is 0 Å². The summed E-state index contributed by atoms with van der Waals surface area (Å²) in [6.45, 7) is 0.580. The van der Waals surface area contributed by atoms with E-state index >= 15 is 0 Å². The van der Waals surface area contributed by atoms with Crippen LogP contribution in [0.3, 0.4) is 0 Å². The lowest BCUT2D eigenvalue weighted by molar-refractivity contribution is -0.764. The van der Waals surface area contributed by atoms with E-state index in [-0.39, 0.29) is 5.91 Å². The van der Waals surface area contributed by atoms with Crippen LogP contribution in [-0.2, 0) is 9.63 Å². The highest BCUT2D eigenvalue weighted by Gasteiger charge is 2.23. The van der Waals surface area contributed by atoms with E-state index in [9.17, 15) is 14.9 Å². The Morgan fingerprint density at radius 3 is 3.00 bits per heavy atom. The van der Waals surface area contributed by atoms with Gasteiger partial charge in [-0.05, 0) is 19.3 Å². The Kier molecular flexibility index (Phi) is 2.84. The third-order valence-corrected chi connectivity index (χ3v) is 1.70. The van der Waals surface area contributed by atoms with Crippen molar-refractivity contribution in [1.82, 2.24) is 5.32 Å². The lowest BCUT2D eigenvalue weighted by Gasteiger charge is -2.09. The molecular weight excluding hydrogens is 164 g/mol. The standard InChI is InChI=1S/C6H10N2O4/c9-6-5(12-8(10)11)3-1-2-4-7-6/h5H,1-4H2,(H,7,9). The van der Waals surface area contributed by atoms with Gasteiger partial charge in [0.1, 0.15) is 0 Å². The summed E-state index contributed by atoms with van der Waals surface area (Å²) < 4.78 is 0. The molecule has 1 fully saturated rings. The first-order chi connectivity index (χ1) is 5.70. The highest BCUT2D eigenvalue weighted by molar-refractivity contribution is 5.80. The quantitative estimate of drug-likeness (QED) is 0.466. The van der Waals surface area contributed by atoms with Crippen molar-refractivity contribution in [2.24, 2.45) is 0 Å². The number of carbonyl (C=O) groups excluding carboxylic acids is 1. The summed E-state index contributed by atoms with van der Waals surface area (Å²) in [5.74, 6) is -0.385. The number of nitrogens with zero attached hydrogens (tertiary/aromatic N) is 1. The highest BCUT2D eigenvalue weighted by atomic mass is 17.0. The molecule has 1 aliphatic heterocycles. The first-order valence-electron chi connectivity index (χ1n) is 3.79. The van der Waals surface area contributed by atoms with Gasteiger partial charge in [-0.2, -0.15) is 0 Å². The van der Waals surface area contributed by atoms with Crippen LogP contribution < -0.4 is 5.32 Å². The first-order valence-corrected chi connectivity index (χ1v) is 3.79. The Labute approximate surface area is 69.0 Å². The molecule has 1 atom stereocenters. The maximum Gasteiger partial charge on any atom is 0.295 e. The summed E-state index contributed by atoms with van der Waals surface area (Å²) >= 11 is 0. The fourth-order valence-corrected chi connectivity index (χ4v) is 1.12. The number of hydrogen-bond donors (Lipinski definition) is 1.